The Kier molecular flexibility index (Phi) is 3.11. The Labute approximate surface area is 127 Å². The molecule has 0 radical (unpaired) electrons. The third-order valence-electron chi connectivity index (χ3n) is 3.90. The maximum Gasteiger partial charge on any atom is 0.161 e. The Morgan fingerprint density at radius 1 is 0.955 bits per heavy atom. The van der Waals surface area contributed by atoms with Gasteiger partial charge in [0.2, 0.25) is 0 Å². The number of para-hydroxylation sites is 1. The highest BCUT2D eigenvalue weighted by Crippen LogP contribution is 2.38. The SMILES string of the molecule is ON=C1CC(c2ccc3c(c2)OCCO3)Oc2ccccc21. The van der Waals surface area contributed by atoms with Gasteiger partial charge >= 0.3 is 0 Å². The molecule has 0 amide bonds. The highest BCUT2D eigenvalue weighted by atomic mass is 16.6. The topological polar surface area (TPSA) is 60.3 Å². The van der Waals surface area contributed by atoms with Gasteiger partial charge < -0.3 is 19.4 Å². The van der Waals surface area contributed by atoms with Crippen LogP contribution in [-0.4, -0.2) is 24.1 Å². The summed E-state index contributed by atoms with van der Waals surface area (Å²) >= 11 is 0. The Hall–Kier alpha value is -2.69. The second-order valence-electron chi connectivity index (χ2n) is 5.26. The van der Waals surface area contributed by atoms with Crippen LogP contribution >= 0.6 is 0 Å². The molecule has 0 bridgehead atoms. The maximum atomic E-state index is 9.28. The minimum absolute atomic E-state index is 0.211. The number of benzene rings is 2. The van der Waals surface area contributed by atoms with Gasteiger partial charge in [0.1, 0.15) is 25.1 Å². The molecular weight excluding hydrogens is 282 g/mol. The molecular formula is C17H15NO4. The second kappa shape index (κ2) is 5.26. The van der Waals surface area contributed by atoms with E-state index in [4.69, 9.17) is 14.2 Å². The van der Waals surface area contributed by atoms with Gasteiger partial charge in [0.05, 0.1) is 5.71 Å². The summed E-state index contributed by atoms with van der Waals surface area (Å²) in [4.78, 5) is 0. The Balaban J connectivity index is 1.70. The lowest BCUT2D eigenvalue weighted by atomic mass is 9.95. The normalized spacial score (nSPS) is 21.1. The molecule has 5 heteroatoms. The predicted octanol–water partition coefficient (Wildman–Crippen LogP) is 3.16. The number of oxime groups is 1. The molecule has 2 aliphatic rings. The van der Waals surface area contributed by atoms with E-state index in [1.54, 1.807) is 0 Å². The van der Waals surface area contributed by atoms with Crippen LogP contribution in [0.25, 0.3) is 0 Å². The lowest BCUT2D eigenvalue weighted by Gasteiger charge is -2.28. The molecule has 22 heavy (non-hydrogen) atoms. The van der Waals surface area contributed by atoms with Crippen molar-refractivity contribution in [2.45, 2.75) is 12.5 Å². The van der Waals surface area contributed by atoms with Gasteiger partial charge in [0.25, 0.3) is 0 Å². The van der Waals surface area contributed by atoms with Crippen LogP contribution in [0, 0.1) is 0 Å². The van der Waals surface area contributed by atoms with E-state index in [9.17, 15) is 5.21 Å². The summed E-state index contributed by atoms with van der Waals surface area (Å²) in [5.74, 6) is 2.21. The van der Waals surface area contributed by atoms with Gasteiger partial charge in [0, 0.05) is 12.0 Å². The van der Waals surface area contributed by atoms with Crippen molar-refractivity contribution in [1.29, 1.82) is 0 Å². The van der Waals surface area contributed by atoms with Crippen molar-refractivity contribution in [3.05, 3.63) is 53.6 Å². The summed E-state index contributed by atoms with van der Waals surface area (Å²) in [5.41, 5.74) is 2.43. The molecule has 4 rings (SSSR count). The van der Waals surface area contributed by atoms with E-state index in [-0.39, 0.29) is 6.10 Å². The van der Waals surface area contributed by atoms with Crippen LogP contribution < -0.4 is 14.2 Å². The molecule has 0 aromatic heterocycles. The molecule has 5 nitrogen and oxygen atoms in total. The molecule has 2 aliphatic heterocycles. The fraction of sp³-hybridized carbons (Fsp3) is 0.235. The zero-order chi connectivity index (χ0) is 14.9. The van der Waals surface area contributed by atoms with Gasteiger partial charge in [-0.05, 0) is 29.8 Å². The summed E-state index contributed by atoms with van der Waals surface area (Å²) in [7, 11) is 0. The van der Waals surface area contributed by atoms with Crippen molar-refractivity contribution in [2.75, 3.05) is 13.2 Å². The van der Waals surface area contributed by atoms with E-state index in [1.807, 2.05) is 42.5 Å². The van der Waals surface area contributed by atoms with Crippen LogP contribution in [0.2, 0.25) is 0 Å². The largest absolute Gasteiger partial charge is 0.486 e. The molecule has 0 saturated carbocycles. The number of hydrogen-bond donors (Lipinski definition) is 1. The molecule has 112 valence electrons. The average molecular weight is 297 g/mol. The van der Waals surface area contributed by atoms with Crippen molar-refractivity contribution in [3.63, 3.8) is 0 Å². The van der Waals surface area contributed by atoms with E-state index in [0.29, 0.717) is 25.3 Å². The highest BCUT2D eigenvalue weighted by molar-refractivity contribution is 6.03. The van der Waals surface area contributed by atoms with Gasteiger partial charge in [0.15, 0.2) is 11.5 Å². The van der Waals surface area contributed by atoms with Gasteiger partial charge in [-0.2, -0.15) is 0 Å². The second-order valence-corrected chi connectivity index (χ2v) is 5.26. The van der Waals surface area contributed by atoms with Crippen molar-refractivity contribution in [1.82, 2.24) is 0 Å². The summed E-state index contributed by atoms with van der Waals surface area (Å²) in [6.07, 6.45) is 0.296. The summed E-state index contributed by atoms with van der Waals surface area (Å²) in [5, 5.41) is 12.7. The highest BCUT2D eigenvalue weighted by Gasteiger charge is 2.27. The Morgan fingerprint density at radius 3 is 2.64 bits per heavy atom. The predicted molar refractivity (Wildman–Crippen MR) is 80.2 cm³/mol. The molecule has 2 aromatic carbocycles. The lowest BCUT2D eigenvalue weighted by Crippen LogP contribution is -2.21. The average Bonchev–Trinajstić information content (AvgIpc) is 2.60. The van der Waals surface area contributed by atoms with E-state index < -0.39 is 0 Å². The minimum Gasteiger partial charge on any atom is -0.486 e. The van der Waals surface area contributed by atoms with E-state index >= 15 is 0 Å². The summed E-state index contributed by atoms with van der Waals surface area (Å²) in [6, 6.07) is 13.4. The quantitative estimate of drug-likeness (QED) is 0.649. The van der Waals surface area contributed by atoms with Crippen molar-refractivity contribution >= 4 is 5.71 Å². The van der Waals surface area contributed by atoms with Gasteiger partial charge in [-0.1, -0.05) is 23.4 Å². The Morgan fingerprint density at radius 2 is 1.77 bits per heavy atom. The van der Waals surface area contributed by atoms with Crippen LogP contribution in [0.3, 0.4) is 0 Å². The zero-order valence-electron chi connectivity index (χ0n) is 11.9. The molecule has 2 aromatic rings. The van der Waals surface area contributed by atoms with Crippen molar-refractivity contribution in [2.24, 2.45) is 5.16 Å². The molecule has 2 heterocycles. The zero-order valence-corrected chi connectivity index (χ0v) is 11.9. The molecule has 1 N–H and O–H groups in total. The number of rotatable bonds is 1. The molecule has 1 atom stereocenters. The van der Waals surface area contributed by atoms with E-state index in [1.165, 1.54) is 0 Å². The first kappa shape index (κ1) is 13.0. The summed E-state index contributed by atoms with van der Waals surface area (Å²) < 4.78 is 17.2. The van der Waals surface area contributed by atoms with Crippen LogP contribution in [0.15, 0.2) is 47.6 Å². The molecule has 0 spiro atoms. The molecule has 0 fully saturated rings. The third-order valence-corrected chi connectivity index (χ3v) is 3.90. The van der Waals surface area contributed by atoms with Crippen LogP contribution in [0.4, 0.5) is 0 Å². The van der Waals surface area contributed by atoms with Gasteiger partial charge in [-0.25, -0.2) is 0 Å². The summed E-state index contributed by atoms with van der Waals surface area (Å²) in [6.45, 7) is 1.12. The fourth-order valence-electron chi connectivity index (χ4n) is 2.83. The minimum atomic E-state index is -0.211. The number of nitrogens with zero attached hydrogens (tertiary/aromatic N) is 1. The number of hydrogen-bond acceptors (Lipinski definition) is 5. The van der Waals surface area contributed by atoms with Crippen LogP contribution in [-0.2, 0) is 0 Å². The van der Waals surface area contributed by atoms with E-state index in [0.717, 1.165) is 28.4 Å². The first-order valence-electron chi connectivity index (χ1n) is 7.21. The maximum absolute atomic E-state index is 9.28. The van der Waals surface area contributed by atoms with E-state index in [2.05, 4.69) is 5.16 Å². The number of fused-ring (bicyclic) bond motifs is 2. The van der Waals surface area contributed by atoms with Crippen LogP contribution in [0.5, 0.6) is 17.2 Å². The first-order chi connectivity index (χ1) is 10.8. The fourth-order valence-corrected chi connectivity index (χ4v) is 2.83. The van der Waals surface area contributed by atoms with Crippen molar-refractivity contribution in [3.8, 4) is 17.2 Å². The van der Waals surface area contributed by atoms with Crippen molar-refractivity contribution < 1.29 is 19.4 Å². The monoisotopic (exact) mass is 297 g/mol. The smallest absolute Gasteiger partial charge is 0.161 e. The number of ether oxygens (including phenoxy) is 3. The molecule has 0 aliphatic carbocycles. The Bertz CT molecular complexity index is 741. The lowest BCUT2D eigenvalue weighted by molar-refractivity contribution is 0.169. The standard InChI is InChI=1S/C17H15NO4/c19-18-13-10-16(22-14-4-2-1-3-12(13)14)11-5-6-15-17(9-11)21-8-7-20-15/h1-6,9,16,19H,7-8,10H2. The van der Waals surface area contributed by atoms with Gasteiger partial charge in [-0.3, -0.25) is 0 Å². The first-order valence-corrected chi connectivity index (χ1v) is 7.21. The third kappa shape index (κ3) is 2.15. The molecule has 1 unspecified atom stereocenters. The molecule has 0 saturated heterocycles. The van der Waals surface area contributed by atoms with Gasteiger partial charge in [-0.15, -0.1) is 0 Å². The van der Waals surface area contributed by atoms with Crippen LogP contribution in [0.1, 0.15) is 23.7 Å².